The van der Waals surface area contributed by atoms with Crippen LogP contribution < -0.4 is 19.9 Å². The molecule has 4 rings (SSSR count). The van der Waals surface area contributed by atoms with Crippen LogP contribution in [0, 0.1) is 0 Å². The van der Waals surface area contributed by atoms with Gasteiger partial charge in [-0.1, -0.05) is 23.3 Å². The Labute approximate surface area is 151 Å². The Kier molecular flexibility index (Phi) is 4.87. The fraction of sp³-hybridized carbons (Fsp3) is 0.500. The molecule has 0 saturated carbocycles. The molecule has 0 spiro atoms. The third kappa shape index (κ3) is 3.36. The number of aromatic nitrogens is 1. The highest BCUT2D eigenvalue weighted by Crippen LogP contribution is 2.35. The van der Waals surface area contributed by atoms with Crippen LogP contribution in [0.1, 0.15) is 0 Å². The van der Waals surface area contributed by atoms with Crippen LogP contribution in [0.25, 0.3) is 10.8 Å². The van der Waals surface area contributed by atoms with E-state index < -0.39 is 11.2 Å². The second-order valence-electron chi connectivity index (χ2n) is 6.43. The minimum Gasteiger partial charge on any atom is -0.616 e. The lowest BCUT2D eigenvalue weighted by Crippen LogP contribution is -2.44. The maximum Gasteiger partial charge on any atom is 0.139 e. The molecule has 2 aromatic rings. The number of benzene rings is 1. The number of piperazine rings is 1. The van der Waals surface area contributed by atoms with Crippen LogP contribution in [0.5, 0.6) is 5.75 Å². The van der Waals surface area contributed by atoms with Crippen molar-refractivity contribution in [2.75, 3.05) is 67.7 Å². The van der Waals surface area contributed by atoms with Crippen LogP contribution in [-0.2, 0) is 11.2 Å². The summed E-state index contributed by atoms with van der Waals surface area (Å²) in [6, 6.07) is 8.26. The number of anilines is 2. The van der Waals surface area contributed by atoms with Gasteiger partial charge in [0.1, 0.15) is 28.9 Å². The Bertz CT molecular complexity index is 743. The van der Waals surface area contributed by atoms with Gasteiger partial charge in [-0.15, -0.1) is 0 Å². The number of pyridine rings is 1. The summed E-state index contributed by atoms with van der Waals surface area (Å²) in [7, 11) is 1.71. The van der Waals surface area contributed by atoms with Gasteiger partial charge in [-0.05, 0) is 12.1 Å². The molecule has 1 aromatic heterocycles. The van der Waals surface area contributed by atoms with Crippen molar-refractivity contribution in [3.63, 3.8) is 0 Å². The molecule has 2 saturated heterocycles. The summed E-state index contributed by atoms with van der Waals surface area (Å²) in [6.45, 7) is 5.44. The van der Waals surface area contributed by atoms with Crippen LogP contribution in [0.2, 0.25) is 0 Å². The SMILES string of the molecule is COc1cccc2c(N3CC[S+]([O-])CC3)nc(N3CCNCC3)cc12. The number of rotatable bonds is 3. The molecule has 0 atom stereocenters. The van der Waals surface area contributed by atoms with E-state index in [-0.39, 0.29) is 0 Å². The second-order valence-corrected chi connectivity index (χ2v) is 8.13. The van der Waals surface area contributed by atoms with Gasteiger partial charge in [-0.3, -0.25) is 0 Å². The summed E-state index contributed by atoms with van der Waals surface area (Å²) in [5.41, 5.74) is 0. The summed E-state index contributed by atoms with van der Waals surface area (Å²) in [5.74, 6) is 4.29. The van der Waals surface area contributed by atoms with Crippen molar-refractivity contribution in [1.29, 1.82) is 0 Å². The normalized spacial score (nSPS) is 19.4. The van der Waals surface area contributed by atoms with Crippen molar-refractivity contribution in [3.8, 4) is 5.75 Å². The maximum atomic E-state index is 11.7. The molecule has 0 bridgehead atoms. The average molecular weight is 360 g/mol. The van der Waals surface area contributed by atoms with Gasteiger partial charge in [0.25, 0.3) is 0 Å². The number of fused-ring (bicyclic) bond motifs is 1. The summed E-state index contributed by atoms with van der Waals surface area (Å²) in [5, 5.41) is 5.58. The highest BCUT2D eigenvalue weighted by atomic mass is 32.2. The van der Waals surface area contributed by atoms with E-state index in [2.05, 4.69) is 27.2 Å². The first-order valence-corrected chi connectivity index (χ1v) is 10.3. The number of ether oxygens (including phenoxy) is 1. The summed E-state index contributed by atoms with van der Waals surface area (Å²) >= 11 is -0.697. The zero-order valence-electron chi connectivity index (χ0n) is 14.5. The lowest BCUT2D eigenvalue weighted by molar-refractivity contribution is 0.420. The predicted octanol–water partition coefficient (Wildman–Crippen LogP) is 1.22. The van der Waals surface area contributed by atoms with Crippen LogP contribution in [0.3, 0.4) is 0 Å². The third-order valence-electron chi connectivity index (χ3n) is 4.94. The highest BCUT2D eigenvalue weighted by molar-refractivity contribution is 7.91. The predicted molar refractivity (Wildman–Crippen MR) is 103 cm³/mol. The molecule has 3 heterocycles. The van der Waals surface area contributed by atoms with Gasteiger partial charge >= 0.3 is 0 Å². The van der Waals surface area contributed by atoms with Gasteiger partial charge in [0.2, 0.25) is 0 Å². The Hall–Kier alpha value is -1.70. The smallest absolute Gasteiger partial charge is 0.139 e. The Morgan fingerprint density at radius 3 is 2.56 bits per heavy atom. The topological polar surface area (TPSA) is 63.7 Å². The molecular formula is C18H24N4O2S. The van der Waals surface area contributed by atoms with Crippen molar-refractivity contribution < 1.29 is 9.29 Å². The molecule has 2 aliphatic heterocycles. The van der Waals surface area contributed by atoms with Crippen LogP contribution >= 0.6 is 0 Å². The van der Waals surface area contributed by atoms with Crippen molar-refractivity contribution in [2.24, 2.45) is 0 Å². The van der Waals surface area contributed by atoms with Gasteiger partial charge in [0, 0.05) is 37.0 Å². The number of hydrogen-bond acceptors (Lipinski definition) is 6. The molecule has 0 radical (unpaired) electrons. The standard InChI is InChI=1S/C18H24N4O2S/c1-24-16-4-2-3-14-15(16)13-17(21-7-5-19-6-8-21)20-18(14)22-9-11-25(23)12-10-22/h2-4,13,19H,5-12H2,1H3. The number of nitrogens with zero attached hydrogens (tertiary/aromatic N) is 3. The van der Waals surface area contributed by atoms with E-state index in [1.54, 1.807) is 7.11 Å². The van der Waals surface area contributed by atoms with Gasteiger partial charge < -0.3 is 24.4 Å². The molecule has 0 unspecified atom stereocenters. The number of nitrogens with one attached hydrogen (secondary N) is 1. The van der Waals surface area contributed by atoms with E-state index >= 15 is 0 Å². The molecule has 2 fully saturated rings. The minimum absolute atomic E-state index is 0.697. The Morgan fingerprint density at radius 2 is 1.84 bits per heavy atom. The van der Waals surface area contributed by atoms with Crippen LogP contribution in [0.4, 0.5) is 11.6 Å². The van der Waals surface area contributed by atoms with Crippen LogP contribution in [-0.4, -0.2) is 67.4 Å². The number of hydrogen-bond donors (Lipinski definition) is 1. The Balaban J connectivity index is 1.81. The fourth-order valence-corrected chi connectivity index (χ4v) is 4.59. The van der Waals surface area contributed by atoms with Crippen molar-refractivity contribution >= 4 is 33.6 Å². The van der Waals surface area contributed by atoms with Crippen molar-refractivity contribution in [1.82, 2.24) is 10.3 Å². The van der Waals surface area contributed by atoms with E-state index in [1.807, 2.05) is 12.1 Å². The monoisotopic (exact) mass is 360 g/mol. The minimum atomic E-state index is -0.697. The first kappa shape index (κ1) is 16.8. The molecule has 6 nitrogen and oxygen atoms in total. The second kappa shape index (κ2) is 7.27. The van der Waals surface area contributed by atoms with Gasteiger partial charge in [-0.25, -0.2) is 4.98 Å². The molecule has 1 aromatic carbocycles. The van der Waals surface area contributed by atoms with E-state index in [1.165, 1.54) is 0 Å². The lowest BCUT2D eigenvalue weighted by Gasteiger charge is -2.33. The lowest BCUT2D eigenvalue weighted by atomic mass is 10.1. The largest absolute Gasteiger partial charge is 0.616 e. The maximum absolute atomic E-state index is 11.7. The zero-order chi connectivity index (χ0) is 17.2. The molecule has 2 aliphatic rings. The van der Waals surface area contributed by atoms with Gasteiger partial charge in [0.15, 0.2) is 0 Å². The molecule has 1 N–H and O–H groups in total. The average Bonchev–Trinajstić information content (AvgIpc) is 2.68. The van der Waals surface area contributed by atoms with Gasteiger partial charge in [0.05, 0.1) is 20.2 Å². The molecule has 0 amide bonds. The van der Waals surface area contributed by atoms with Crippen LogP contribution in [0.15, 0.2) is 24.3 Å². The summed E-state index contributed by atoms with van der Waals surface area (Å²) in [4.78, 5) is 9.62. The first-order chi connectivity index (χ1) is 12.3. The van der Waals surface area contributed by atoms with E-state index in [4.69, 9.17) is 9.72 Å². The van der Waals surface area contributed by atoms with Gasteiger partial charge in [-0.2, -0.15) is 0 Å². The van der Waals surface area contributed by atoms with E-state index in [0.29, 0.717) is 11.5 Å². The van der Waals surface area contributed by atoms with Crippen molar-refractivity contribution in [2.45, 2.75) is 0 Å². The molecule has 25 heavy (non-hydrogen) atoms. The molecule has 7 heteroatoms. The Morgan fingerprint density at radius 1 is 1.08 bits per heavy atom. The molecule has 0 aliphatic carbocycles. The molecule has 134 valence electrons. The number of methoxy groups -OCH3 is 1. The summed E-state index contributed by atoms with van der Waals surface area (Å²) in [6.07, 6.45) is 0. The highest BCUT2D eigenvalue weighted by Gasteiger charge is 2.24. The zero-order valence-corrected chi connectivity index (χ0v) is 15.3. The van der Waals surface area contributed by atoms with E-state index in [9.17, 15) is 4.55 Å². The molecular weight excluding hydrogens is 336 g/mol. The summed E-state index contributed by atoms with van der Waals surface area (Å²) < 4.78 is 17.4. The van der Waals surface area contributed by atoms with E-state index in [0.717, 1.165) is 67.4 Å². The van der Waals surface area contributed by atoms with Crippen molar-refractivity contribution in [3.05, 3.63) is 24.3 Å². The quantitative estimate of drug-likeness (QED) is 0.831. The first-order valence-electron chi connectivity index (χ1n) is 8.79. The third-order valence-corrected chi connectivity index (χ3v) is 6.21. The fourth-order valence-electron chi connectivity index (χ4n) is 3.54.